The summed E-state index contributed by atoms with van der Waals surface area (Å²) < 4.78 is 0. The van der Waals surface area contributed by atoms with E-state index >= 15 is 0 Å². The van der Waals surface area contributed by atoms with E-state index < -0.39 is 29.6 Å². The standard InChI is InChI=1S/C9H12N4O5/c1-9(2)5(14)12(6(15)10(9)3)13-7(16)11(4)18-8(13)17/h1-4H3/q+1. The number of amides is 6. The van der Waals surface area contributed by atoms with Crippen LogP contribution >= 0.6 is 0 Å². The second kappa shape index (κ2) is 3.42. The molecule has 0 spiro atoms. The fraction of sp³-hybridized carbons (Fsp3) is 0.556. The smallest absolute Gasteiger partial charge is 0.309 e. The quantitative estimate of drug-likeness (QED) is 0.479. The molecule has 2 rings (SSSR count). The highest BCUT2D eigenvalue weighted by Crippen LogP contribution is 2.28. The minimum Gasteiger partial charge on any atom is -0.309 e. The fourth-order valence-electron chi connectivity index (χ4n) is 1.62. The molecule has 18 heavy (non-hydrogen) atoms. The maximum Gasteiger partial charge on any atom is 0.632 e. The van der Waals surface area contributed by atoms with Crippen LogP contribution in [0.4, 0.5) is 14.4 Å². The van der Waals surface area contributed by atoms with Gasteiger partial charge in [-0.2, -0.15) is 9.59 Å². The van der Waals surface area contributed by atoms with Gasteiger partial charge in [-0.15, -0.1) is 5.06 Å². The van der Waals surface area contributed by atoms with Gasteiger partial charge < -0.3 is 4.90 Å². The number of hydroxylamine groups is 2. The molecule has 2 aliphatic heterocycles. The van der Waals surface area contributed by atoms with Crippen LogP contribution in [0.15, 0.2) is 0 Å². The molecular weight excluding hydrogens is 244 g/mol. The normalized spacial score (nSPS) is 24.3. The first-order valence-corrected chi connectivity index (χ1v) is 5.11. The van der Waals surface area contributed by atoms with Gasteiger partial charge in [0.15, 0.2) is 5.01 Å². The minimum absolute atomic E-state index is 0.385. The number of carbonyl (C=O) groups excluding carboxylic acids is 4. The number of nitrogens with zero attached hydrogens (tertiary/aromatic N) is 4. The fourth-order valence-corrected chi connectivity index (χ4v) is 1.62. The Kier molecular flexibility index (Phi) is 2.34. The van der Waals surface area contributed by atoms with E-state index in [1.54, 1.807) is 0 Å². The van der Waals surface area contributed by atoms with Gasteiger partial charge in [-0.1, -0.05) is 0 Å². The molecule has 0 atom stereocenters. The number of hydrazine groups is 1. The molecule has 0 unspecified atom stereocenters. The van der Waals surface area contributed by atoms with Gasteiger partial charge in [-0.3, -0.25) is 9.63 Å². The molecule has 2 saturated heterocycles. The Bertz CT molecular complexity index is 474. The Morgan fingerprint density at radius 1 is 1.11 bits per heavy atom. The monoisotopic (exact) mass is 256 g/mol. The average molecular weight is 256 g/mol. The van der Waals surface area contributed by atoms with E-state index in [1.807, 2.05) is 0 Å². The second-order valence-corrected chi connectivity index (χ2v) is 4.47. The van der Waals surface area contributed by atoms with E-state index in [0.29, 0.717) is 15.1 Å². The van der Waals surface area contributed by atoms with Gasteiger partial charge in [0.2, 0.25) is 0 Å². The molecule has 0 aromatic rings. The van der Waals surface area contributed by atoms with Gasteiger partial charge in [0.1, 0.15) is 5.54 Å². The third-order valence-corrected chi connectivity index (χ3v) is 3.06. The molecule has 2 fully saturated rings. The Hall–Kier alpha value is -2.16. The summed E-state index contributed by atoms with van der Waals surface area (Å²) >= 11 is 0. The SMILES string of the molecule is CN1OC(=O)[N+](N2C(=O)N(C)C(C)(C)C2=O)C1=O. The van der Waals surface area contributed by atoms with E-state index in [-0.39, 0.29) is 0 Å². The summed E-state index contributed by atoms with van der Waals surface area (Å²) in [4.78, 5) is 52.8. The zero-order valence-electron chi connectivity index (χ0n) is 10.3. The van der Waals surface area contributed by atoms with Crippen molar-refractivity contribution in [3.8, 4) is 0 Å². The number of urea groups is 2. The Morgan fingerprint density at radius 2 is 1.67 bits per heavy atom. The van der Waals surface area contributed by atoms with Crippen LogP contribution in [0.5, 0.6) is 0 Å². The summed E-state index contributed by atoms with van der Waals surface area (Å²) in [6, 6.07) is -1.65. The van der Waals surface area contributed by atoms with E-state index in [9.17, 15) is 19.2 Å². The maximum atomic E-state index is 12.1. The molecule has 9 heteroatoms. The van der Waals surface area contributed by atoms with Gasteiger partial charge in [0.05, 0.1) is 7.05 Å². The van der Waals surface area contributed by atoms with Crippen molar-refractivity contribution in [3.05, 3.63) is 0 Å². The zero-order chi connectivity index (χ0) is 13.8. The van der Waals surface area contributed by atoms with Crippen molar-refractivity contribution in [1.82, 2.24) is 20.0 Å². The van der Waals surface area contributed by atoms with Crippen molar-refractivity contribution in [3.63, 3.8) is 0 Å². The van der Waals surface area contributed by atoms with Crippen LogP contribution in [-0.4, -0.2) is 58.7 Å². The van der Waals surface area contributed by atoms with E-state index in [0.717, 1.165) is 4.90 Å². The number of likely N-dealkylation sites (N-methyl/N-ethyl adjacent to an activating group) is 1. The lowest BCUT2D eigenvalue weighted by Gasteiger charge is -2.21. The summed E-state index contributed by atoms with van der Waals surface area (Å²) in [5, 5.41) is 1.53. The Balaban J connectivity index is 2.41. The first kappa shape index (κ1) is 12.3. The summed E-state index contributed by atoms with van der Waals surface area (Å²) in [7, 11) is 2.62. The zero-order valence-corrected chi connectivity index (χ0v) is 10.3. The molecule has 1 radical (unpaired) electrons. The van der Waals surface area contributed by atoms with E-state index in [1.165, 1.54) is 27.9 Å². The summed E-state index contributed by atoms with van der Waals surface area (Å²) in [6.07, 6.45) is -1.09. The molecule has 0 saturated carbocycles. The molecule has 0 N–H and O–H groups in total. The number of hydrogen-bond donors (Lipinski definition) is 0. The van der Waals surface area contributed by atoms with Gasteiger partial charge in [0.25, 0.3) is 0 Å². The van der Waals surface area contributed by atoms with Crippen LogP contribution in [-0.2, 0) is 9.63 Å². The third kappa shape index (κ3) is 1.30. The molecule has 0 aromatic carbocycles. The van der Waals surface area contributed by atoms with Crippen molar-refractivity contribution in [1.29, 1.82) is 0 Å². The lowest BCUT2D eigenvalue weighted by molar-refractivity contribution is -0.134. The van der Waals surface area contributed by atoms with Crippen LogP contribution in [0, 0.1) is 0 Å². The van der Waals surface area contributed by atoms with Crippen molar-refractivity contribution < 1.29 is 24.0 Å². The average Bonchev–Trinajstić information content (AvgIpc) is 2.60. The van der Waals surface area contributed by atoms with Crippen LogP contribution in [0.3, 0.4) is 0 Å². The predicted octanol–water partition coefficient (Wildman–Crippen LogP) is -0.169. The second-order valence-electron chi connectivity index (χ2n) is 4.47. The summed E-state index contributed by atoms with van der Waals surface area (Å²) in [5.74, 6) is -0.671. The lowest BCUT2D eigenvalue weighted by atomic mass is 10.1. The molecule has 9 nitrogen and oxygen atoms in total. The molecular formula is C9H12N4O5+. The van der Waals surface area contributed by atoms with Gasteiger partial charge in [-0.25, -0.2) is 4.79 Å². The number of hydrogen-bond acceptors (Lipinski definition) is 5. The van der Waals surface area contributed by atoms with Crippen LogP contribution in [0.1, 0.15) is 13.8 Å². The first-order chi connectivity index (χ1) is 8.19. The number of imide groups is 2. The van der Waals surface area contributed by atoms with E-state index in [4.69, 9.17) is 0 Å². The molecule has 2 aliphatic rings. The van der Waals surface area contributed by atoms with Crippen LogP contribution < -0.4 is 5.01 Å². The van der Waals surface area contributed by atoms with Crippen molar-refractivity contribution in [2.45, 2.75) is 19.4 Å². The van der Waals surface area contributed by atoms with Crippen molar-refractivity contribution in [2.75, 3.05) is 14.1 Å². The third-order valence-electron chi connectivity index (χ3n) is 3.06. The maximum absolute atomic E-state index is 12.1. The highest BCUT2D eigenvalue weighted by Gasteiger charge is 2.66. The Labute approximate surface area is 102 Å². The molecule has 6 amide bonds. The lowest BCUT2D eigenvalue weighted by Crippen LogP contribution is -2.55. The van der Waals surface area contributed by atoms with Crippen LogP contribution in [0.2, 0.25) is 0 Å². The highest BCUT2D eigenvalue weighted by molar-refractivity contribution is 6.12. The van der Waals surface area contributed by atoms with E-state index in [2.05, 4.69) is 4.84 Å². The summed E-state index contributed by atoms with van der Waals surface area (Å²) in [5.41, 5.74) is -1.13. The topological polar surface area (TPSA) is 93.1 Å². The molecule has 97 valence electrons. The largest absolute Gasteiger partial charge is 0.632 e. The molecule has 0 aliphatic carbocycles. The first-order valence-electron chi connectivity index (χ1n) is 5.11. The molecule has 0 aromatic heterocycles. The Morgan fingerprint density at radius 3 is 2.00 bits per heavy atom. The summed E-state index contributed by atoms with van der Waals surface area (Å²) in [6.45, 7) is 3.03. The van der Waals surface area contributed by atoms with Crippen molar-refractivity contribution >= 4 is 24.1 Å². The molecule has 2 heterocycles. The minimum atomic E-state index is -1.13. The predicted molar refractivity (Wildman–Crippen MR) is 55.9 cm³/mol. The van der Waals surface area contributed by atoms with Crippen LogP contribution in [0.25, 0.3) is 0 Å². The van der Waals surface area contributed by atoms with Gasteiger partial charge >= 0.3 is 24.1 Å². The highest BCUT2D eigenvalue weighted by atomic mass is 16.8. The number of carbonyl (C=O) groups is 4. The van der Waals surface area contributed by atoms with Gasteiger partial charge in [0, 0.05) is 7.05 Å². The number of rotatable bonds is 1. The van der Waals surface area contributed by atoms with Gasteiger partial charge in [-0.05, 0) is 18.9 Å². The van der Waals surface area contributed by atoms with Crippen molar-refractivity contribution in [2.24, 2.45) is 0 Å². The molecule has 0 bridgehead atoms.